The zero-order valence-corrected chi connectivity index (χ0v) is 9.73. The zero-order chi connectivity index (χ0) is 10.1. The van der Waals surface area contributed by atoms with Crippen molar-refractivity contribution in [1.82, 2.24) is 9.55 Å². The first-order chi connectivity index (χ1) is 6.74. The van der Waals surface area contributed by atoms with E-state index in [4.69, 9.17) is 12.2 Å². The average Bonchev–Trinajstić information content (AvgIpc) is 2.43. The van der Waals surface area contributed by atoms with Gasteiger partial charge in [-0.2, -0.15) is 0 Å². The maximum Gasteiger partial charge on any atom is 0.177 e. The molecule has 0 aromatic carbocycles. The van der Waals surface area contributed by atoms with Crippen LogP contribution in [0, 0.1) is 10.7 Å². The van der Waals surface area contributed by atoms with Crippen molar-refractivity contribution < 1.29 is 0 Å². The molecular formula is C11H18N2S. The minimum absolute atomic E-state index is 0.581. The van der Waals surface area contributed by atoms with Gasteiger partial charge in [0.05, 0.1) is 0 Å². The van der Waals surface area contributed by atoms with Gasteiger partial charge in [-0.25, -0.2) is 0 Å². The van der Waals surface area contributed by atoms with E-state index in [2.05, 4.69) is 29.6 Å². The van der Waals surface area contributed by atoms with E-state index in [1.54, 1.807) is 0 Å². The van der Waals surface area contributed by atoms with Gasteiger partial charge in [-0.3, -0.25) is 0 Å². The molecule has 2 rings (SSSR count). The molecule has 1 aromatic rings. The van der Waals surface area contributed by atoms with Gasteiger partial charge in [-0.05, 0) is 44.3 Å². The number of aryl methyl sites for hydroxylation is 1. The van der Waals surface area contributed by atoms with Gasteiger partial charge in [-0.1, -0.05) is 13.3 Å². The average molecular weight is 210 g/mol. The lowest BCUT2D eigenvalue weighted by atomic mass is 9.80. The van der Waals surface area contributed by atoms with Crippen LogP contribution in [0.4, 0.5) is 0 Å². The summed E-state index contributed by atoms with van der Waals surface area (Å²) in [4.78, 5) is 3.15. The van der Waals surface area contributed by atoms with E-state index >= 15 is 0 Å². The van der Waals surface area contributed by atoms with Crippen molar-refractivity contribution in [1.29, 1.82) is 0 Å². The van der Waals surface area contributed by atoms with Gasteiger partial charge in [0.2, 0.25) is 0 Å². The number of hydrogen-bond acceptors (Lipinski definition) is 1. The lowest BCUT2D eigenvalue weighted by Gasteiger charge is -2.33. The molecular weight excluding hydrogens is 192 g/mol. The number of nitrogens with zero attached hydrogens (tertiary/aromatic N) is 1. The van der Waals surface area contributed by atoms with Crippen molar-refractivity contribution in [3.8, 4) is 0 Å². The Morgan fingerprint density at radius 3 is 2.86 bits per heavy atom. The van der Waals surface area contributed by atoms with E-state index in [-0.39, 0.29) is 0 Å². The van der Waals surface area contributed by atoms with Gasteiger partial charge in [0, 0.05) is 17.9 Å². The highest BCUT2D eigenvalue weighted by molar-refractivity contribution is 7.71. The molecule has 0 saturated heterocycles. The van der Waals surface area contributed by atoms with Crippen LogP contribution in [0.3, 0.4) is 0 Å². The summed E-state index contributed by atoms with van der Waals surface area (Å²) in [6.45, 7) is 4.48. The Bertz CT molecular complexity index is 360. The van der Waals surface area contributed by atoms with Crippen LogP contribution >= 0.6 is 12.2 Å². The monoisotopic (exact) mass is 210 g/mol. The molecule has 1 unspecified atom stereocenters. The maximum atomic E-state index is 5.31. The molecule has 1 N–H and O–H groups in total. The number of nitrogens with one attached hydrogen (secondary N) is 1. The summed E-state index contributed by atoms with van der Waals surface area (Å²) in [5.41, 5.74) is 1.34. The second-order valence-corrected chi connectivity index (χ2v) is 4.63. The number of hydrogen-bond donors (Lipinski definition) is 1. The van der Waals surface area contributed by atoms with Crippen LogP contribution in [-0.4, -0.2) is 9.55 Å². The Balaban J connectivity index is 2.28. The Morgan fingerprint density at radius 1 is 1.64 bits per heavy atom. The van der Waals surface area contributed by atoms with E-state index in [9.17, 15) is 0 Å². The summed E-state index contributed by atoms with van der Waals surface area (Å²) in [6.07, 6.45) is 7.25. The van der Waals surface area contributed by atoms with Crippen molar-refractivity contribution in [3.63, 3.8) is 0 Å². The van der Waals surface area contributed by atoms with Crippen LogP contribution in [0.5, 0.6) is 0 Å². The highest BCUT2D eigenvalue weighted by Gasteiger charge is 2.26. The molecule has 0 amide bonds. The van der Waals surface area contributed by atoms with Crippen molar-refractivity contribution in [3.05, 3.63) is 16.7 Å². The van der Waals surface area contributed by atoms with Crippen LogP contribution in [-0.2, 0) is 6.42 Å². The summed E-state index contributed by atoms with van der Waals surface area (Å²) in [6, 6.07) is 0.581. The fraction of sp³-hybridized carbons (Fsp3) is 0.727. The molecule has 0 bridgehead atoms. The van der Waals surface area contributed by atoms with Gasteiger partial charge in [-0.15, -0.1) is 0 Å². The highest BCUT2D eigenvalue weighted by Crippen LogP contribution is 2.36. The molecule has 2 nitrogen and oxygen atoms in total. The first kappa shape index (κ1) is 9.97. The van der Waals surface area contributed by atoms with Crippen molar-refractivity contribution in [2.45, 2.75) is 45.6 Å². The zero-order valence-electron chi connectivity index (χ0n) is 8.92. The number of rotatable bonds is 3. The van der Waals surface area contributed by atoms with Gasteiger partial charge >= 0.3 is 0 Å². The molecule has 14 heavy (non-hydrogen) atoms. The minimum Gasteiger partial charge on any atom is -0.337 e. The fourth-order valence-electron chi connectivity index (χ4n) is 2.27. The lowest BCUT2D eigenvalue weighted by molar-refractivity contribution is 0.218. The molecule has 1 aliphatic carbocycles. The summed E-state index contributed by atoms with van der Waals surface area (Å²) in [7, 11) is 0. The second-order valence-electron chi connectivity index (χ2n) is 4.24. The first-order valence-electron chi connectivity index (χ1n) is 5.52. The molecule has 1 heterocycles. The molecule has 1 atom stereocenters. The Kier molecular flexibility index (Phi) is 2.77. The third kappa shape index (κ3) is 1.54. The molecule has 0 aliphatic heterocycles. The standard InChI is InChI=1S/C11H18N2S/c1-3-10-7-12-11(14)13(10)8(2)9-5-4-6-9/h7-9H,3-6H2,1-2H3,(H,12,14). The first-order valence-corrected chi connectivity index (χ1v) is 5.93. The maximum absolute atomic E-state index is 5.31. The number of H-pyrrole nitrogens is 1. The predicted octanol–water partition coefficient (Wildman–Crippen LogP) is 3.47. The van der Waals surface area contributed by atoms with E-state index < -0.39 is 0 Å². The molecule has 1 aliphatic rings. The van der Waals surface area contributed by atoms with Crippen molar-refractivity contribution in [2.75, 3.05) is 0 Å². The summed E-state index contributed by atoms with van der Waals surface area (Å²) >= 11 is 5.31. The molecule has 1 fully saturated rings. The van der Waals surface area contributed by atoms with E-state index in [0.717, 1.165) is 17.1 Å². The Hall–Kier alpha value is -0.570. The lowest BCUT2D eigenvalue weighted by Crippen LogP contribution is -2.24. The van der Waals surface area contributed by atoms with Crippen molar-refractivity contribution in [2.24, 2.45) is 5.92 Å². The third-order valence-electron chi connectivity index (χ3n) is 3.49. The van der Waals surface area contributed by atoms with Crippen LogP contribution < -0.4 is 0 Å². The van der Waals surface area contributed by atoms with Gasteiger partial charge in [0.15, 0.2) is 4.77 Å². The Morgan fingerprint density at radius 2 is 2.36 bits per heavy atom. The highest BCUT2D eigenvalue weighted by atomic mass is 32.1. The molecule has 3 heteroatoms. The van der Waals surface area contributed by atoms with Gasteiger partial charge in [0.1, 0.15) is 0 Å². The fourth-order valence-corrected chi connectivity index (χ4v) is 2.61. The van der Waals surface area contributed by atoms with Gasteiger partial charge < -0.3 is 9.55 Å². The summed E-state index contributed by atoms with van der Waals surface area (Å²) in [5, 5.41) is 0. The summed E-state index contributed by atoms with van der Waals surface area (Å²) < 4.78 is 3.19. The third-order valence-corrected chi connectivity index (χ3v) is 3.81. The topological polar surface area (TPSA) is 20.7 Å². The largest absolute Gasteiger partial charge is 0.337 e. The van der Waals surface area contributed by atoms with Crippen LogP contribution in [0.25, 0.3) is 0 Å². The molecule has 78 valence electrons. The molecule has 0 spiro atoms. The van der Waals surface area contributed by atoms with E-state index in [1.165, 1.54) is 25.0 Å². The van der Waals surface area contributed by atoms with Gasteiger partial charge in [0.25, 0.3) is 0 Å². The summed E-state index contributed by atoms with van der Waals surface area (Å²) in [5.74, 6) is 0.850. The molecule has 0 radical (unpaired) electrons. The molecule has 1 aromatic heterocycles. The normalized spacial score (nSPS) is 19.3. The van der Waals surface area contributed by atoms with E-state index in [1.807, 2.05) is 0 Å². The van der Waals surface area contributed by atoms with Crippen LogP contribution in [0.15, 0.2) is 6.20 Å². The number of aromatic nitrogens is 2. The van der Waals surface area contributed by atoms with Crippen LogP contribution in [0.1, 0.15) is 44.8 Å². The Labute approximate surface area is 90.3 Å². The van der Waals surface area contributed by atoms with Crippen LogP contribution in [0.2, 0.25) is 0 Å². The number of aromatic amines is 1. The number of imidazole rings is 1. The predicted molar refractivity (Wildman–Crippen MR) is 61.0 cm³/mol. The van der Waals surface area contributed by atoms with E-state index in [0.29, 0.717) is 6.04 Å². The molecule has 1 saturated carbocycles. The smallest absolute Gasteiger partial charge is 0.177 e. The quantitative estimate of drug-likeness (QED) is 0.758. The second kappa shape index (κ2) is 3.89. The SMILES string of the molecule is CCc1c[nH]c(=S)n1C(C)C1CCC1. The minimum atomic E-state index is 0.581. The van der Waals surface area contributed by atoms with Crippen molar-refractivity contribution >= 4 is 12.2 Å².